The van der Waals surface area contributed by atoms with Crippen molar-refractivity contribution in [2.75, 3.05) is 0 Å². The molecule has 7 heteroatoms. The second-order valence-electron chi connectivity index (χ2n) is 7.03. The van der Waals surface area contributed by atoms with E-state index in [1.54, 1.807) is 29.0 Å². The fourth-order valence-electron chi connectivity index (χ4n) is 3.55. The van der Waals surface area contributed by atoms with Crippen molar-refractivity contribution in [2.24, 2.45) is 0 Å². The number of rotatable bonds is 5. The predicted octanol–water partition coefficient (Wildman–Crippen LogP) is 3.61. The average Bonchev–Trinajstić information content (AvgIpc) is 3.32. The van der Waals surface area contributed by atoms with Crippen LogP contribution >= 0.6 is 0 Å². The summed E-state index contributed by atoms with van der Waals surface area (Å²) in [4.78, 5) is 22.7. The Morgan fingerprint density at radius 2 is 2.04 bits per heavy atom. The van der Waals surface area contributed by atoms with Gasteiger partial charge in [-0.1, -0.05) is 25.1 Å². The Morgan fingerprint density at radius 3 is 2.79 bits per heavy atom. The van der Waals surface area contributed by atoms with E-state index in [1.807, 2.05) is 37.3 Å². The van der Waals surface area contributed by atoms with Crippen LogP contribution in [-0.2, 0) is 24.4 Å². The first-order chi connectivity index (χ1) is 13.5. The van der Waals surface area contributed by atoms with Gasteiger partial charge in [-0.25, -0.2) is 14.1 Å². The van der Waals surface area contributed by atoms with Gasteiger partial charge in [0.05, 0.1) is 5.69 Å². The minimum Gasteiger partial charge on any atom is -0.332 e. The van der Waals surface area contributed by atoms with Crippen molar-refractivity contribution in [1.82, 2.24) is 24.6 Å². The van der Waals surface area contributed by atoms with E-state index in [0.29, 0.717) is 31.0 Å². The van der Waals surface area contributed by atoms with E-state index in [2.05, 4.69) is 15.1 Å². The molecule has 1 aliphatic rings. The molecule has 0 saturated heterocycles. The fraction of sp³-hybridized carbons (Fsp3) is 0.333. The lowest BCUT2D eigenvalue weighted by Crippen LogP contribution is -2.29. The molecule has 4 rings (SSSR count). The average molecular weight is 379 g/mol. The highest BCUT2D eigenvalue weighted by molar-refractivity contribution is 5.77. The lowest BCUT2D eigenvalue weighted by molar-refractivity contribution is -0.132. The molecule has 144 valence electrons. The van der Waals surface area contributed by atoms with E-state index in [0.717, 1.165) is 22.3 Å². The first-order valence-electron chi connectivity index (χ1n) is 9.40. The van der Waals surface area contributed by atoms with Crippen LogP contribution < -0.4 is 0 Å². The number of alkyl halides is 1. The molecule has 0 saturated carbocycles. The normalized spacial score (nSPS) is 14.2. The van der Waals surface area contributed by atoms with Gasteiger partial charge < -0.3 is 4.90 Å². The quantitative estimate of drug-likeness (QED) is 0.679. The molecule has 1 aliphatic heterocycles. The molecule has 28 heavy (non-hydrogen) atoms. The highest BCUT2D eigenvalue weighted by Gasteiger charge is 2.25. The molecule has 2 aromatic heterocycles. The van der Waals surface area contributed by atoms with Gasteiger partial charge in [0.15, 0.2) is 0 Å². The fourth-order valence-corrected chi connectivity index (χ4v) is 3.55. The highest BCUT2D eigenvalue weighted by atomic mass is 19.1. The lowest BCUT2D eigenvalue weighted by atomic mass is 9.97. The van der Waals surface area contributed by atoms with E-state index >= 15 is 0 Å². The maximum Gasteiger partial charge on any atom is 0.244 e. The molecule has 0 fully saturated rings. The number of hydrogen-bond acceptors (Lipinski definition) is 4. The number of amides is 1. The number of pyridine rings is 1. The summed E-state index contributed by atoms with van der Waals surface area (Å²) in [6.45, 7) is 4.89. The number of nitrogens with zero attached hydrogens (tertiary/aromatic N) is 5. The number of hydrogen-bond donors (Lipinski definition) is 0. The van der Waals surface area contributed by atoms with Gasteiger partial charge >= 0.3 is 0 Å². The molecular formula is C21H22FN5O. The Labute approximate surface area is 163 Å². The molecule has 6 nitrogen and oxygen atoms in total. The van der Waals surface area contributed by atoms with E-state index in [9.17, 15) is 9.18 Å². The Hall–Kier alpha value is -3.09. The monoisotopic (exact) mass is 379 g/mol. The number of carbonyl (C=O) groups excluding carboxylic acids is 1. The SMILES string of the molecule is CCC(F)c1ncccc1-c1ccc2c(c1)CN(C(=O)Cn1cnc(C)n1)C2. The summed E-state index contributed by atoms with van der Waals surface area (Å²) in [6, 6.07) is 9.77. The van der Waals surface area contributed by atoms with Crippen LogP contribution in [0.3, 0.4) is 0 Å². The van der Waals surface area contributed by atoms with Gasteiger partial charge in [0.25, 0.3) is 0 Å². The van der Waals surface area contributed by atoms with Crippen LogP contribution in [0, 0.1) is 6.92 Å². The second-order valence-corrected chi connectivity index (χ2v) is 7.03. The van der Waals surface area contributed by atoms with E-state index < -0.39 is 6.17 Å². The highest BCUT2D eigenvalue weighted by Crippen LogP contribution is 2.33. The molecule has 1 atom stereocenters. The van der Waals surface area contributed by atoms with Gasteiger partial charge in [0.1, 0.15) is 24.9 Å². The molecule has 3 heterocycles. The van der Waals surface area contributed by atoms with Crippen molar-refractivity contribution in [2.45, 2.75) is 46.1 Å². The molecule has 1 aromatic carbocycles. The summed E-state index contributed by atoms with van der Waals surface area (Å²) < 4.78 is 15.9. The van der Waals surface area contributed by atoms with Crippen molar-refractivity contribution in [3.63, 3.8) is 0 Å². The Balaban J connectivity index is 1.55. The molecule has 1 unspecified atom stereocenters. The van der Waals surface area contributed by atoms with Crippen LogP contribution in [0.15, 0.2) is 42.9 Å². The van der Waals surface area contributed by atoms with E-state index in [-0.39, 0.29) is 12.5 Å². The third kappa shape index (κ3) is 3.52. The van der Waals surface area contributed by atoms with Crippen molar-refractivity contribution in [1.29, 1.82) is 0 Å². The first kappa shape index (κ1) is 18.3. The first-order valence-corrected chi connectivity index (χ1v) is 9.40. The van der Waals surface area contributed by atoms with Gasteiger partial charge in [-0.15, -0.1) is 0 Å². The van der Waals surface area contributed by atoms with Crippen molar-refractivity contribution in [3.05, 3.63) is 65.5 Å². The maximum absolute atomic E-state index is 14.3. The molecule has 3 aromatic rings. The van der Waals surface area contributed by atoms with Crippen LogP contribution in [-0.4, -0.2) is 30.6 Å². The predicted molar refractivity (Wildman–Crippen MR) is 103 cm³/mol. The number of carbonyl (C=O) groups is 1. The smallest absolute Gasteiger partial charge is 0.244 e. The van der Waals surface area contributed by atoms with E-state index in [1.165, 1.54) is 0 Å². The zero-order valence-electron chi connectivity index (χ0n) is 16.0. The zero-order valence-corrected chi connectivity index (χ0v) is 16.0. The maximum atomic E-state index is 14.3. The lowest BCUT2D eigenvalue weighted by Gasteiger charge is -2.15. The third-order valence-corrected chi connectivity index (χ3v) is 5.03. The summed E-state index contributed by atoms with van der Waals surface area (Å²) >= 11 is 0. The molecule has 0 aliphatic carbocycles. The zero-order chi connectivity index (χ0) is 19.7. The minimum atomic E-state index is -1.09. The number of halogens is 1. The summed E-state index contributed by atoms with van der Waals surface area (Å²) in [5.74, 6) is 0.646. The van der Waals surface area contributed by atoms with Crippen LogP contribution in [0.2, 0.25) is 0 Å². The molecule has 0 spiro atoms. The minimum absolute atomic E-state index is 0.000443. The van der Waals surface area contributed by atoms with Crippen molar-refractivity contribution in [3.8, 4) is 11.1 Å². The Morgan fingerprint density at radius 1 is 1.21 bits per heavy atom. The van der Waals surface area contributed by atoms with Crippen molar-refractivity contribution < 1.29 is 9.18 Å². The van der Waals surface area contributed by atoms with Gasteiger partial charge in [-0.05, 0) is 42.2 Å². The van der Waals surface area contributed by atoms with Crippen LogP contribution in [0.4, 0.5) is 4.39 Å². The topological polar surface area (TPSA) is 63.9 Å². The van der Waals surface area contributed by atoms with Gasteiger partial charge in [0, 0.05) is 24.8 Å². The standard InChI is InChI=1S/C21H22FN5O/c1-3-19(22)21-18(5-4-8-23-21)15-6-7-16-10-26(11-17(16)9-15)20(28)12-27-13-24-14(2)25-27/h4-9,13,19H,3,10-12H2,1-2H3. The van der Waals surface area contributed by atoms with Gasteiger partial charge in [0.2, 0.25) is 5.91 Å². The van der Waals surface area contributed by atoms with Crippen LogP contribution in [0.25, 0.3) is 11.1 Å². The molecular weight excluding hydrogens is 357 g/mol. The molecule has 0 N–H and O–H groups in total. The molecule has 0 bridgehead atoms. The van der Waals surface area contributed by atoms with Gasteiger partial charge in [-0.3, -0.25) is 9.78 Å². The third-order valence-electron chi connectivity index (χ3n) is 5.03. The number of benzene rings is 1. The van der Waals surface area contributed by atoms with Gasteiger partial charge in [-0.2, -0.15) is 5.10 Å². The second kappa shape index (κ2) is 7.50. The Kier molecular flexibility index (Phi) is 4.90. The van der Waals surface area contributed by atoms with Crippen molar-refractivity contribution >= 4 is 5.91 Å². The summed E-state index contributed by atoms with van der Waals surface area (Å²) in [5.41, 5.74) is 4.41. The number of fused-ring (bicyclic) bond motifs is 1. The summed E-state index contributed by atoms with van der Waals surface area (Å²) in [7, 11) is 0. The summed E-state index contributed by atoms with van der Waals surface area (Å²) in [5, 5.41) is 4.17. The number of aryl methyl sites for hydroxylation is 1. The van der Waals surface area contributed by atoms with Crippen LogP contribution in [0.5, 0.6) is 0 Å². The number of aromatic nitrogens is 4. The summed E-state index contributed by atoms with van der Waals surface area (Å²) in [6.07, 6.45) is 2.49. The molecule has 0 radical (unpaired) electrons. The molecule has 1 amide bonds. The van der Waals surface area contributed by atoms with Crippen LogP contribution in [0.1, 0.15) is 42.2 Å². The van der Waals surface area contributed by atoms with E-state index in [4.69, 9.17) is 0 Å². The Bertz CT molecular complexity index is 1020. The largest absolute Gasteiger partial charge is 0.332 e.